The van der Waals surface area contributed by atoms with Crippen LogP contribution in [0.2, 0.25) is 0 Å². The van der Waals surface area contributed by atoms with Gasteiger partial charge in [0.1, 0.15) is 5.75 Å². The van der Waals surface area contributed by atoms with Crippen molar-refractivity contribution in [2.45, 2.75) is 19.4 Å². The van der Waals surface area contributed by atoms with Gasteiger partial charge in [-0.25, -0.2) is 0 Å². The molecule has 0 fully saturated rings. The average Bonchev–Trinajstić information content (AvgIpc) is 2.60. The fourth-order valence-electron chi connectivity index (χ4n) is 1.81. The Labute approximate surface area is 167 Å². The maximum atomic E-state index is 12.1. The van der Waals surface area contributed by atoms with E-state index in [0.717, 1.165) is 0 Å². The molecule has 1 aromatic rings. The molecule has 0 heterocycles. The third-order valence-electron chi connectivity index (χ3n) is 3.49. The Bertz CT molecular complexity index is 565. The molecule has 0 bridgehead atoms. The summed E-state index contributed by atoms with van der Waals surface area (Å²) >= 11 is 0. The molecule has 25 heavy (non-hydrogen) atoms. The fourth-order valence-corrected chi connectivity index (χ4v) is 1.81. The lowest BCUT2D eigenvalue weighted by Gasteiger charge is -2.24. The van der Waals surface area contributed by atoms with E-state index in [0.29, 0.717) is 36.9 Å². The number of hydrogen-bond acceptors (Lipinski definition) is 4. The minimum Gasteiger partial charge on any atom is -0.497 e. The van der Waals surface area contributed by atoms with Crippen molar-refractivity contribution in [2.24, 2.45) is 4.99 Å². The Morgan fingerprint density at radius 1 is 1.16 bits per heavy atom. The summed E-state index contributed by atoms with van der Waals surface area (Å²) < 4.78 is 10.5. The highest BCUT2D eigenvalue weighted by molar-refractivity contribution is 14.0. The molecule has 0 saturated heterocycles. The van der Waals surface area contributed by atoms with Gasteiger partial charge in [-0.05, 0) is 32.0 Å². The zero-order valence-electron chi connectivity index (χ0n) is 15.5. The molecular formula is C17H29IN4O3. The van der Waals surface area contributed by atoms with Gasteiger partial charge in [0.15, 0.2) is 5.96 Å². The van der Waals surface area contributed by atoms with Gasteiger partial charge < -0.3 is 25.4 Å². The Morgan fingerprint density at radius 2 is 1.84 bits per heavy atom. The Balaban J connectivity index is 0.00000576. The van der Waals surface area contributed by atoms with Gasteiger partial charge >= 0.3 is 0 Å². The van der Waals surface area contributed by atoms with E-state index in [2.05, 4.69) is 20.9 Å². The SMILES string of the molecule is CN=C(NCCNC(=O)c1cccc(OC)c1)NCC(C)(C)OC.I. The highest BCUT2D eigenvalue weighted by atomic mass is 127. The Hall–Kier alpha value is -1.55. The summed E-state index contributed by atoms with van der Waals surface area (Å²) in [6.45, 7) is 5.63. The summed E-state index contributed by atoms with van der Waals surface area (Å²) in [5.41, 5.74) is 0.289. The van der Waals surface area contributed by atoms with E-state index in [1.165, 1.54) is 0 Å². The van der Waals surface area contributed by atoms with Crippen LogP contribution in [0.3, 0.4) is 0 Å². The fraction of sp³-hybridized carbons (Fsp3) is 0.529. The molecule has 3 N–H and O–H groups in total. The topological polar surface area (TPSA) is 84.0 Å². The molecule has 0 aromatic heterocycles. The third kappa shape index (κ3) is 8.92. The van der Waals surface area contributed by atoms with Crippen molar-refractivity contribution >= 4 is 35.8 Å². The molecule has 0 unspecified atom stereocenters. The highest BCUT2D eigenvalue weighted by Crippen LogP contribution is 2.12. The van der Waals surface area contributed by atoms with Crippen molar-refractivity contribution in [1.82, 2.24) is 16.0 Å². The van der Waals surface area contributed by atoms with Crippen molar-refractivity contribution < 1.29 is 14.3 Å². The van der Waals surface area contributed by atoms with E-state index in [9.17, 15) is 4.79 Å². The first-order valence-electron chi connectivity index (χ1n) is 7.84. The van der Waals surface area contributed by atoms with Gasteiger partial charge in [-0.2, -0.15) is 0 Å². The van der Waals surface area contributed by atoms with Crippen LogP contribution in [0.1, 0.15) is 24.2 Å². The van der Waals surface area contributed by atoms with Gasteiger partial charge in [0, 0.05) is 39.4 Å². The predicted octanol–water partition coefficient (Wildman–Crippen LogP) is 1.63. The second kappa shape index (κ2) is 11.9. The molecule has 0 aliphatic rings. The summed E-state index contributed by atoms with van der Waals surface area (Å²) in [6.07, 6.45) is 0. The van der Waals surface area contributed by atoms with Crippen LogP contribution < -0.4 is 20.7 Å². The lowest BCUT2D eigenvalue weighted by molar-refractivity contribution is 0.0268. The highest BCUT2D eigenvalue weighted by Gasteiger charge is 2.16. The van der Waals surface area contributed by atoms with Gasteiger partial charge in [0.05, 0.1) is 12.7 Å². The quantitative estimate of drug-likeness (QED) is 0.236. The van der Waals surface area contributed by atoms with Crippen LogP contribution in [0, 0.1) is 0 Å². The number of methoxy groups -OCH3 is 2. The van der Waals surface area contributed by atoms with Crippen molar-refractivity contribution in [2.75, 3.05) is 40.9 Å². The molecule has 0 spiro atoms. The number of benzene rings is 1. The summed E-state index contributed by atoms with van der Waals surface area (Å²) in [4.78, 5) is 16.2. The van der Waals surface area contributed by atoms with Crippen molar-refractivity contribution in [3.05, 3.63) is 29.8 Å². The largest absolute Gasteiger partial charge is 0.497 e. The van der Waals surface area contributed by atoms with Crippen LogP contribution >= 0.6 is 24.0 Å². The molecule has 0 saturated carbocycles. The van der Waals surface area contributed by atoms with Gasteiger partial charge in [-0.3, -0.25) is 9.79 Å². The molecule has 1 rings (SSSR count). The number of carbonyl (C=O) groups is 1. The van der Waals surface area contributed by atoms with Crippen molar-refractivity contribution in [3.63, 3.8) is 0 Å². The normalized spacial score (nSPS) is 11.3. The molecule has 1 amide bonds. The van der Waals surface area contributed by atoms with Crippen LogP contribution in [-0.2, 0) is 4.74 Å². The minimum atomic E-state index is -0.280. The monoisotopic (exact) mass is 464 g/mol. The van der Waals surface area contributed by atoms with Crippen LogP contribution in [0.4, 0.5) is 0 Å². The lowest BCUT2D eigenvalue weighted by atomic mass is 10.1. The number of nitrogens with zero attached hydrogens (tertiary/aromatic N) is 1. The van der Waals surface area contributed by atoms with Crippen LogP contribution in [0.5, 0.6) is 5.75 Å². The van der Waals surface area contributed by atoms with Crippen molar-refractivity contribution in [3.8, 4) is 5.75 Å². The Kier molecular flexibility index (Phi) is 11.2. The lowest BCUT2D eigenvalue weighted by Crippen LogP contribution is -2.46. The molecule has 0 aliphatic carbocycles. The number of guanidine groups is 1. The maximum absolute atomic E-state index is 12.1. The van der Waals surface area contributed by atoms with Crippen LogP contribution in [-0.4, -0.2) is 58.4 Å². The van der Waals surface area contributed by atoms with E-state index in [1.54, 1.807) is 45.5 Å². The van der Waals surface area contributed by atoms with E-state index < -0.39 is 0 Å². The molecule has 8 heteroatoms. The van der Waals surface area contributed by atoms with E-state index in [1.807, 2.05) is 13.8 Å². The molecular weight excluding hydrogens is 435 g/mol. The number of hydrogen-bond donors (Lipinski definition) is 3. The van der Waals surface area contributed by atoms with Crippen LogP contribution in [0.15, 0.2) is 29.3 Å². The number of aliphatic imine (C=N–C) groups is 1. The first kappa shape index (κ1) is 23.4. The number of halogens is 1. The maximum Gasteiger partial charge on any atom is 0.251 e. The molecule has 7 nitrogen and oxygen atoms in total. The number of carbonyl (C=O) groups excluding carboxylic acids is 1. The smallest absolute Gasteiger partial charge is 0.251 e. The average molecular weight is 464 g/mol. The second-order valence-electron chi connectivity index (χ2n) is 5.80. The minimum absolute atomic E-state index is 0. The predicted molar refractivity (Wildman–Crippen MR) is 111 cm³/mol. The van der Waals surface area contributed by atoms with Gasteiger partial charge in [-0.1, -0.05) is 6.07 Å². The molecule has 0 aliphatic heterocycles. The number of rotatable bonds is 8. The standard InChI is InChI=1S/C17H28N4O3.HI/c1-17(2,24-5)12-21-16(18-3)20-10-9-19-15(22)13-7-6-8-14(11-13)23-4;/h6-8,11H,9-10,12H2,1-5H3,(H,19,22)(H2,18,20,21);1H. The number of nitrogens with one attached hydrogen (secondary N) is 3. The van der Waals surface area contributed by atoms with Gasteiger partial charge in [0.2, 0.25) is 0 Å². The summed E-state index contributed by atoms with van der Waals surface area (Å²) in [6, 6.07) is 7.04. The molecule has 142 valence electrons. The number of ether oxygens (including phenoxy) is 2. The zero-order chi connectivity index (χ0) is 18.0. The van der Waals surface area contributed by atoms with E-state index >= 15 is 0 Å². The number of amides is 1. The summed E-state index contributed by atoms with van der Waals surface area (Å²) in [7, 11) is 4.94. The zero-order valence-corrected chi connectivity index (χ0v) is 17.8. The van der Waals surface area contributed by atoms with E-state index in [-0.39, 0.29) is 35.5 Å². The van der Waals surface area contributed by atoms with Crippen LogP contribution in [0.25, 0.3) is 0 Å². The Morgan fingerprint density at radius 3 is 2.44 bits per heavy atom. The molecule has 0 atom stereocenters. The first-order chi connectivity index (χ1) is 11.4. The molecule has 1 aromatic carbocycles. The van der Waals surface area contributed by atoms with Crippen molar-refractivity contribution in [1.29, 1.82) is 0 Å². The first-order valence-corrected chi connectivity index (χ1v) is 7.84. The van der Waals surface area contributed by atoms with Gasteiger partial charge in [0.25, 0.3) is 5.91 Å². The summed E-state index contributed by atoms with van der Waals surface area (Å²) in [5.74, 6) is 1.18. The third-order valence-corrected chi connectivity index (χ3v) is 3.49. The van der Waals surface area contributed by atoms with E-state index in [4.69, 9.17) is 9.47 Å². The second-order valence-corrected chi connectivity index (χ2v) is 5.80. The molecule has 0 radical (unpaired) electrons. The summed E-state index contributed by atoms with van der Waals surface area (Å²) in [5, 5.41) is 9.17. The van der Waals surface area contributed by atoms with Gasteiger partial charge in [-0.15, -0.1) is 24.0 Å².